The molecule has 4 N–H and O–H groups in total. The van der Waals surface area contributed by atoms with Crippen molar-refractivity contribution < 1.29 is 27.1 Å². The van der Waals surface area contributed by atoms with E-state index in [-0.39, 0.29) is 28.5 Å². The third-order valence-corrected chi connectivity index (χ3v) is 9.08. The van der Waals surface area contributed by atoms with Crippen LogP contribution in [-0.4, -0.2) is 46.1 Å². The molecule has 0 aliphatic rings. The molecule has 0 fully saturated rings. The maximum Gasteiger partial charge on any atom is 0.231 e. The second kappa shape index (κ2) is 13.2. The number of rotatable bonds is 9. The van der Waals surface area contributed by atoms with Crippen LogP contribution in [0.5, 0.6) is 0 Å². The molecule has 2 heterocycles. The van der Waals surface area contributed by atoms with E-state index in [1.54, 1.807) is 68.6 Å². The van der Waals surface area contributed by atoms with E-state index in [9.17, 15) is 27.1 Å². The average Bonchev–Trinajstić information content (AvgIpc) is 3.33. The van der Waals surface area contributed by atoms with Gasteiger partial charge in [-0.15, -0.1) is 0 Å². The van der Waals surface area contributed by atoms with Gasteiger partial charge in [0.2, 0.25) is 15.9 Å². The minimum Gasteiger partial charge on any atom is -0.378 e. The fraction of sp³-hybridized carbons (Fsp3) is 0.250. The number of amides is 1. The van der Waals surface area contributed by atoms with Gasteiger partial charge in [-0.2, -0.15) is 5.10 Å². The fourth-order valence-corrected chi connectivity index (χ4v) is 6.67. The van der Waals surface area contributed by atoms with Crippen LogP contribution in [0.3, 0.4) is 0 Å². The van der Waals surface area contributed by atoms with Gasteiger partial charge in [-0.3, -0.25) is 14.2 Å². The number of pyridine rings is 1. The summed E-state index contributed by atoms with van der Waals surface area (Å²) in [5.41, 5.74) is 6.09. The van der Waals surface area contributed by atoms with Crippen LogP contribution in [0.4, 0.5) is 14.6 Å². The molecular formula is C36H34ClF2N5O4S. The number of anilines is 1. The summed E-state index contributed by atoms with van der Waals surface area (Å²) < 4.78 is 57.5. The number of sulfonamides is 1. The van der Waals surface area contributed by atoms with Crippen molar-refractivity contribution in [2.45, 2.75) is 44.1 Å². The molecule has 5 aromatic rings. The molecule has 13 heteroatoms. The number of nitrogens with zero attached hydrogens (tertiary/aromatic N) is 3. The van der Waals surface area contributed by atoms with E-state index in [1.807, 2.05) is 0 Å². The molecule has 1 amide bonds. The first-order chi connectivity index (χ1) is 22.9. The normalized spacial score (nSPS) is 13.7. The minimum absolute atomic E-state index is 0.00655. The second-order valence-electron chi connectivity index (χ2n) is 12.6. The van der Waals surface area contributed by atoms with Crippen molar-refractivity contribution in [3.05, 3.63) is 112 Å². The number of hydrogen-bond donors (Lipinski definition) is 3. The van der Waals surface area contributed by atoms with Crippen LogP contribution in [0, 0.1) is 23.5 Å². The summed E-state index contributed by atoms with van der Waals surface area (Å²) in [4.78, 5) is 18.6. The Morgan fingerprint density at radius 1 is 1.04 bits per heavy atom. The Balaban J connectivity index is 1.90. The van der Waals surface area contributed by atoms with Crippen molar-refractivity contribution in [2.24, 2.45) is 12.8 Å². The van der Waals surface area contributed by atoms with E-state index in [4.69, 9.17) is 22.3 Å². The van der Waals surface area contributed by atoms with Gasteiger partial charge in [-0.05, 0) is 74.6 Å². The van der Waals surface area contributed by atoms with Crippen molar-refractivity contribution in [2.75, 3.05) is 11.0 Å². The van der Waals surface area contributed by atoms with Gasteiger partial charge in [0, 0.05) is 30.2 Å². The molecule has 3 aromatic carbocycles. The Labute approximate surface area is 288 Å². The van der Waals surface area contributed by atoms with Crippen molar-refractivity contribution in [3.8, 4) is 23.0 Å². The van der Waals surface area contributed by atoms with E-state index in [0.717, 1.165) is 12.3 Å². The van der Waals surface area contributed by atoms with Gasteiger partial charge in [-0.25, -0.2) is 22.2 Å². The lowest BCUT2D eigenvalue weighted by atomic mass is 9.66. The number of benzene rings is 3. The van der Waals surface area contributed by atoms with Crippen LogP contribution in [0.15, 0.2) is 72.8 Å². The quantitative estimate of drug-likeness (QED) is 0.165. The molecule has 0 spiro atoms. The summed E-state index contributed by atoms with van der Waals surface area (Å²) >= 11 is 6.63. The molecule has 49 heavy (non-hydrogen) atoms. The predicted molar refractivity (Wildman–Crippen MR) is 186 cm³/mol. The summed E-state index contributed by atoms with van der Waals surface area (Å²) in [6.07, 6.45) is 0.906. The van der Waals surface area contributed by atoms with E-state index in [2.05, 4.69) is 21.7 Å². The number of fused-ring (bicyclic) bond motifs is 1. The second-order valence-corrected chi connectivity index (χ2v) is 14.7. The van der Waals surface area contributed by atoms with Crippen molar-refractivity contribution in [1.82, 2.24) is 14.8 Å². The van der Waals surface area contributed by atoms with E-state index < -0.39 is 44.5 Å². The predicted octanol–water partition coefficient (Wildman–Crippen LogP) is 5.83. The molecule has 0 aliphatic carbocycles. The molecule has 9 nitrogen and oxygen atoms in total. The number of carbonyl (C=O) groups excluding carboxylic acids is 1. The van der Waals surface area contributed by atoms with Gasteiger partial charge in [-0.1, -0.05) is 53.9 Å². The lowest BCUT2D eigenvalue weighted by molar-refractivity contribution is -0.123. The highest BCUT2D eigenvalue weighted by Gasteiger charge is 2.44. The van der Waals surface area contributed by atoms with Gasteiger partial charge in [0.05, 0.1) is 33.3 Å². The zero-order valence-corrected chi connectivity index (χ0v) is 28.9. The molecule has 5 rings (SSSR count). The zero-order valence-electron chi connectivity index (χ0n) is 27.3. The van der Waals surface area contributed by atoms with Crippen LogP contribution < -0.4 is 10.5 Å². The number of aliphatic hydroxyl groups is 1. The summed E-state index contributed by atoms with van der Waals surface area (Å²) in [5.74, 6) is 2.37. The number of carbonyl (C=O) groups is 1. The molecule has 254 valence electrons. The summed E-state index contributed by atoms with van der Waals surface area (Å²) in [7, 11) is -2.12. The first-order valence-corrected chi connectivity index (χ1v) is 17.3. The van der Waals surface area contributed by atoms with Gasteiger partial charge < -0.3 is 10.8 Å². The Morgan fingerprint density at radius 3 is 2.27 bits per heavy atom. The first kappa shape index (κ1) is 35.5. The van der Waals surface area contributed by atoms with Gasteiger partial charge in [0.1, 0.15) is 22.9 Å². The number of hydrogen-bond acceptors (Lipinski definition) is 6. The molecule has 0 saturated carbocycles. The number of halogens is 3. The first-order valence-electron chi connectivity index (χ1n) is 15.1. The number of primary amides is 1. The average molecular weight is 706 g/mol. The standard InChI is InChI=1S/C36H34ClF2N5O4S/c1-35(2,46)16-15-25-11-12-26(27-13-14-29(37)30-32(27)44(4)42-33(30)43-49(5,47)48)31(41-25)28(19-21-17-23(38)20-24(39)18-21)36(3,34(40)45)22-9-7-6-8-10-22/h6-14,17-18,20,28,46H,19H2,1-5H3,(H2,40,45)(H,42,43)/t28-,36?/m1/s1. The maximum absolute atomic E-state index is 14.6. The van der Waals surface area contributed by atoms with Crippen molar-refractivity contribution in [3.63, 3.8) is 0 Å². The summed E-state index contributed by atoms with van der Waals surface area (Å²) in [5, 5.41) is 15.3. The molecule has 0 bridgehead atoms. The van der Waals surface area contributed by atoms with Crippen LogP contribution in [0.25, 0.3) is 22.0 Å². The SMILES string of the molecule is Cn1nc(NS(C)(=O)=O)c2c(Cl)ccc(-c3ccc(C#CC(C)(C)O)nc3[C@@H](Cc3cc(F)cc(F)c3)C(C)(C(N)=O)c3ccccc3)c21. The summed E-state index contributed by atoms with van der Waals surface area (Å²) in [6, 6.07) is 18.6. The fourth-order valence-electron chi connectivity index (χ4n) is 5.94. The molecule has 0 aliphatic heterocycles. The Kier molecular flexibility index (Phi) is 9.58. The van der Waals surface area contributed by atoms with Gasteiger partial charge in [0.15, 0.2) is 5.82 Å². The van der Waals surface area contributed by atoms with Crippen LogP contribution in [0.2, 0.25) is 5.02 Å². The van der Waals surface area contributed by atoms with Crippen LogP contribution in [0.1, 0.15) is 49.2 Å². The van der Waals surface area contributed by atoms with Crippen molar-refractivity contribution >= 4 is 44.3 Å². The largest absolute Gasteiger partial charge is 0.378 e. The summed E-state index contributed by atoms with van der Waals surface area (Å²) in [6.45, 7) is 4.69. The molecule has 1 unspecified atom stereocenters. The monoisotopic (exact) mass is 705 g/mol. The number of aryl methyl sites for hydroxylation is 1. The Bertz CT molecular complexity index is 2240. The highest BCUT2D eigenvalue weighted by atomic mass is 35.5. The lowest BCUT2D eigenvalue weighted by Gasteiger charge is -2.36. The maximum atomic E-state index is 14.6. The minimum atomic E-state index is -3.74. The van der Waals surface area contributed by atoms with E-state index >= 15 is 0 Å². The molecular weight excluding hydrogens is 672 g/mol. The highest BCUT2D eigenvalue weighted by Crippen LogP contribution is 2.46. The van der Waals surface area contributed by atoms with E-state index in [0.29, 0.717) is 33.3 Å². The van der Waals surface area contributed by atoms with Crippen LogP contribution in [-0.2, 0) is 33.7 Å². The highest BCUT2D eigenvalue weighted by molar-refractivity contribution is 7.92. The van der Waals surface area contributed by atoms with Gasteiger partial charge in [0.25, 0.3) is 0 Å². The van der Waals surface area contributed by atoms with Gasteiger partial charge >= 0.3 is 0 Å². The lowest BCUT2D eigenvalue weighted by Crippen LogP contribution is -2.45. The number of aromatic nitrogens is 3. The molecule has 0 saturated heterocycles. The smallest absolute Gasteiger partial charge is 0.231 e. The zero-order chi connectivity index (χ0) is 35.9. The third-order valence-electron chi connectivity index (χ3n) is 8.21. The van der Waals surface area contributed by atoms with E-state index in [1.165, 1.54) is 30.7 Å². The Hall–Kier alpha value is -4.83. The third kappa shape index (κ3) is 7.59. The Morgan fingerprint density at radius 2 is 1.67 bits per heavy atom. The van der Waals surface area contributed by atoms with Crippen LogP contribution >= 0.6 is 11.6 Å². The molecule has 2 aromatic heterocycles. The topological polar surface area (TPSA) is 140 Å². The molecule has 0 radical (unpaired) electrons. The number of nitrogens with one attached hydrogen (secondary N) is 1. The van der Waals surface area contributed by atoms with Crippen molar-refractivity contribution in [1.29, 1.82) is 0 Å². The number of nitrogens with two attached hydrogens (primary N) is 1. The molecule has 2 atom stereocenters.